The van der Waals surface area contributed by atoms with Gasteiger partial charge in [0.25, 0.3) is 0 Å². The van der Waals surface area contributed by atoms with Crippen LogP contribution < -0.4 is 0 Å². The van der Waals surface area contributed by atoms with Crippen LogP contribution in [0.2, 0.25) is 0 Å². The fourth-order valence-electron chi connectivity index (χ4n) is 1.16. The highest BCUT2D eigenvalue weighted by Crippen LogP contribution is 2.13. The highest BCUT2D eigenvalue weighted by atomic mass is 19.1. The van der Waals surface area contributed by atoms with Crippen molar-refractivity contribution in [2.75, 3.05) is 0 Å². The van der Waals surface area contributed by atoms with Gasteiger partial charge in [0.15, 0.2) is 0 Å². The van der Waals surface area contributed by atoms with Crippen LogP contribution >= 0.6 is 0 Å². The van der Waals surface area contributed by atoms with E-state index in [4.69, 9.17) is 10.2 Å². The van der Waals surface area contributed by atoms with E-state index in [0.29, 0.717) is 11.1 Å². The first-order chi connectivity index (χ1) is 7.13. The molecule has 0 fully saturated rings. The maximum atomic E-state index is 12.8. The summed E-state index contributed by atoms with van der Waals surface area (Å²) < 4.78 is 12.8. The molecule has 0 aliphatic heterocycles. The second-order valence-electron chi connectivity index (χ2n) is 3.00. The number of carboxylic acids is 1. The number of aliphatic carboxylic acids is 1. The summed E-state index contributed by atoms with van der Waals surface area (Å²) in [5, 5.41) is 17.3. The molecule has 2 N–H and O–H groups in total. The van der Waals surface area contributed by atoms with E-state index in [1.54, 1.807) is 6.08 Å². The second kappa shape index (κ2) is 5.26. The van der Waals surface area contributed by atoms with E-state index in [-0.39, 0.29) is 13.0 Å². The van der Waals surface area contributed by atoms with Gasteiger partial charge in [0.1, 0.15) is 5.82 Å². The number of aliphatic hydroxyl groups excluding tert-OH is 1. The van der Waals surface area contributed by atoms with Crippen molar-refractivity contribution in [2.24, 2.45) is 0 Å². The molecule has 1 aromatic carbocycles. The first-order valence-electron chi connectivity index (χ1n) is 4.41. The van der Waals surface area contributed by atoms with Gasteiger partial charge in [0, 0.05) is 0 Å². The van der Waals surface area contributed by atoms with E-state index >= 15 is 0 Å². The zero-order valence-corrected chi connectivity index (χ0v) is 7.98. The monoisotopic (exact) mass is 210 g/mol. The van der Waals surface area contributed by atoms with Crippen LogP contribution in [-0.2, 0) is 11.4 Å². The molecule has 0 aliphatic rings. The lowest BCUT2D eigenvalue weighted by Gasteiger charge is -2.02. The Morgan fingerprint density at radius 3 is 2.80 bits per heavy atom. The summed E-state index contributed by atoms with van der Waals surface area (Å²) in [5.41, 5.74) is 1.07. The minimum absolute atomic E-state index is 0.0950. The van der Waals surface area contributed by atoms with E-state index in [1.807, 2.05) is 0 Å². The van der Waals surface area contributed by atoms with E-state index < -0.39 is 11.8 Å². The average Bonchev–Trinajstić information content (AvgIpc) is 2.19. The molecule has 0 unspecified atom stereocenters. The molecular weight excluding hydrogens is 199 g/mol. The summed E-state index contributed by atoms with van der Waals surface area (Å²) in [6, 6.07) is 3.99. The van der Waals surface area contributed by atoms with Crippen LogP contribution in [0, 0.1) is 5.82 Å². The normalized spacial score (nSPS) is 10.8. The molecule has 0 saturated heterocycles. The van der Waals surface area contributed by atoms with Crippen molar-refractivity contribution in [1.82, 2.24) is 0 Å². The second-order valence-corrected chi connectivity index (χ2v) is 3.00. The van der Waals surface area contributed by atoms with Gasteiger partial charge in [-0.15, -0.1) is 0 Å². The number of carboxylic acid groups (broad SMARTS) is 1. The molecule has 0 heterocycles. The summed E-state index contributed by atoms with van der Waals surface area (Å²) >= 11 is 0. The SMILES string of the molecule is O=C(O)CC=Cc1ccc(F)cc1CO. The predicted octanol–water partition coefficient (Wildman–Crippen LogP) is 1.81. The molecule has 0 aromatic heterocycles. The van der Waals surface area contributed by atoms with Gasteiger partial charge in [-0.25, -0.2) is 4.39 Å². The topological polar surface area (TPSA) is 57.5 Å². The molecule has 0 bridgehead atoms. The van der Waals surface area contributed by atoms with Crippen LogP contribution in [0.1, 0.15) is 17.5 Å². The van der Waals surface area contributed by atoms with Crippen molar-refractivity contribution >= 4 is 12.0 Å². The highest BCUT2D eigenvalue weighted by Gasteiger charge is 2.00. The third-order valence-electron chi connectivity index (χ3n) is 1.87. The zero-order chi connectivity index (χ0) is 11.3. The van der Waals surface area contributed by atoms with Gasteiger partial charge >= 0.3 is 5.97 Å². The van der Waals surface area contributed by atoms with Crippen LogP contribution in [-0.4, -0.2) is 16.2 Å². The van der Waals surface area contributed by atoms with Crippen molar-refractivity contribution in [3.05, 3.63) is 41.2 Å². The van der Waals surface area contributed by atoms with E-state index in [2.05, 4.69) is 0 Å². The maximum Gasteiger partial charge on any atom is 0.307 e. The Labute approximate surface area is 86.5 Å². The van der Waals surface area contributed by atoms with Crippen molar-refractivity contribution in [3.8, 4) is 0 Å². The van der Waals surface area contributed by atoms with Crippen molar-refractivity contribution in [2.45, 2.75) is 13.0 Å². The Bertz CT molecular complexity index is 385. The highest BCUT2D eigenvalue weighted by molar-refractivity contribution is 5.70. The first-order valence-corrected chi connectivity index (χ1v) is 4.41. The summed E-state index contributed by atoms with van der Waals surface area (Å²) in [7, 11) is 0. The minimum atomic E-state index is -0.932. The van der Waals surface area contributed by atoms with Gasteiger partial charge in [-0.1, -0.05) is 18.2 Å². The quantitative estimate of drug-likeness (QED) is 0.796. The molecule has 3 nitrogen and oxygen atoms in total. The fourth-order valence-corrected chi connectivity index (χ4v) is 1.16. The number of hydrogen-bond donors (Lipinski definition) is 2. The lowest BCUT2D eigenvalue weighted by atomic mass is 10.1. The van der Waals surface area contributed by atoms with Gasteiger partial charge < -0.3 is 10.2 Å². The number of hydrogen-bond acceptors (Lipinski definition) is 2. The lowest BCUT2D eigenvalue weighted by Crippen LogP contribution is -1.92. The molecule has 0 radical (unpaired) electrons. The first kappa shape index (κ1) is 11.4. The Hall–Kier alpha value is -1.68. The summed E-state index contributed by atoms with van der Waals surface area (Å²) in [6.07, 6.45) is 2.91. The van der Waals surface area contributed by atoms with Gasteiger partial charge in [0.2, 0.25) is 0 Å². The van der Waals surface area contributed by atoms with Gasteiger partial charge in [-0.3, -0.25) is 4.79 Å². The van der Waals surface area contributed by atoms with Crippen LogP contribution in [0.15, 0.2) is 24.3 Å². The minimum Gasteiger partial charge on any atom is -0.481 e. The number of halogens is 1. The molecule has 15 heavy (non-hydrogen) atoms. The van der Waals surface area contributed by atoms with Gasteiger partial charge in [-0.05, 0) is 23.3 Å². The number of carbonyl (C=O) groups is 1. The fraction of sp³-hybridized carbons (Fsp3) is 0.182. The largest absolute Gasteiger partial charge is 0.481 e. The van der Waals surface area contributed by atoms with E-state index in [0.717, 1.165) is 0 Å². The lowest BCUT2D eigenvalue weighted by molar-refractivity contribution is -0.135. The molecule has 0 saturated carbocycles. The predicted molar refractivity (Wildman–Crippen MR) is 53.6 cm³/mol. The van der Waals surface area contributed by atoms with Crippen LogP contribution in [0.3, 0.4) is 0 Å². The molecule has 0 aliphatic carbocycles. The number of benzene rings is 1. The summed E-state index contributed by atoms with van der Waals surface area (Å²) in [5.74, 6) is -1.35. The van der Waals surface area contributed by atoms with Crippen molar-refractivity contribution in [1.29, 1.82) is 0 Å². The van der Waals surface area contributed by atoms with Gasteiger partial charge in [-0.2, -0.15) is 0 Å². The van der Waals surface area contributed by atoms with Crippen LogP contribution in [0.25, 0.3) is 6.08 Å². The van der Waals surface area contributed by atoms with Crippen LogP contribution in [0.4, 0.5) is 4.39 Å². The standard InChI is InChI=1S/C11H11FO3/c12-10-5-4-8(9(6-10)7-13)2-1-3-11(14)15/h1-2,4-6,13H,3,7H2,(H,14,15). The Morgan fingerprint density at radius 1 is 1.47 bits per heavy atom. The molecule has 80 valence electrons. The Kier molecular flexibility index (Phi) is 4.00. The summed E-state index contributed by atoms with van der Waals surface area (Å²) in [4.78, 5) is 10.2. The van der Waals surface area contributed by atoms with Crippen molar-refractivity contribution < 1.29 is 19.4 Å². The maximum absolute atomic E-state index is 12.8. The molecule has 0 atom stereocenters. The third kappa shape index (κ3) is 3.52. The smallest absolute Gasteiger partial charge is 0.307 e. The average molecular weight is 210 g/mol. The number of aliphatic hydroxyl groups is 1. The molecule has 1 rings (SSSR count). The van der Waals surface area contributed by atoms with Gasteiger partial charge in [0.05, 0.1) is 13.0 Å². The van der Waals surface area contributed by atoms with Crippen LogP contribution in [0.5, 0.6) is 0 Å². The number of rotatable bonds is 4. The molecule has 0 amide bonds. The molecule has 1 aromatic rings. The summed E-state index contributed by atoms with van der Waals surface area (Å²) in [6.45, 7) is -0.273. The molecule has 0 spiro atoms. The molecular formula is C11H11FO3. The molecule has 4 heteroatoms. The zero-order valence-electron chi connectivity index (χ0n) is 7.98. The van der Waals surface area contributed by atoms with E-state index in [9.17, 15) is 9.18 Å². The third-order valence-corrected chi connectivity index (χ3v) is 1.87. The van der Waals surface area contributed by atoms with Crippen molar-refractivity contribution in [3.63, 3.8) is 0 Å². The Balaban J connectivity index is 2.84. The van der Waals surface area contributed by atoms with E-state index in [1.165, 1.54) is 24.3 Å². The Morgan fingerprint density at radius 2 is 2.20 bits per heavy atom.